The lowest BCUT2D eigenvalue weighted by molar-refractivity contribution is -0.120. The van der Waals surface area contributed by atoms with Gasteiger partial charge in [0, 0.05) is 29.4 Å². The van der Waals surface area contributed by atoms with Crippen LogP contribution in [0.15, 0.2) is 72.1 Å². The Labute approximate surface area is 292 Å². The zero-order valence-electron chi connectivity index (χ0n) is 27.9. The number of rotatable bonds is 13. The standard InChI is InChI=1S/C34H34N10O5S/c1-20(2)21-9-11-23(12-10-21)37-32-25(16-35)30(22-14-26(47-3)31(49-5)27(15-22)48-4)40-34(41-32)50-19-24-17-44(43-42-24)18-29(45)39-33(46)38-28-8-6-7-13-36-28/h6-15,17,20H,18-19H2,1-5H3,(H,37,40,41)(H2,36,38,39,45,46). The number of imide groups is 1. The van der Waals surface area contributed by atoms with Gasteiger partial charge in [-0.25, -0.2) is 24.4 Å². The number of hydrogen-bond acceptors (Lipinski definition) is 13. The number of benzene rings is 2. The Hall–Kier alpha value is -6.21. The summed E-state index contributed by atoms with van der Waals surface area (Å²) in [4.78, 5) is 38.0. The molecule has 5 rings (SSSR count). The van der Waals surface area contributed by atoms with Gasteiger partial charge in [0.2, 0.25) is 11.7 Å². The summed E-state index contributed by atoms with van der Waals surface area (Å²) < 4.78 is 17.9. The summed E-state index contributed by atoms with van der Waals surface area (Å²) in [6, 6.07) is 17.9. The van der Waals surface area contributed by atoms with Crippen LogP contribution in [0.3, 0.4) is 0 Å². The fourth-order valence-electron chi connectivity index (χ4n) is 4.73. The van der Waals surface area contributed by atoms with Crippen molar-refractivity contribution in [1.82, 2.24) is 35.3 Å². The van der Waals surface area contributed by atoms with Crippen LogP contribution >= 0.6 is 11.8 Å². The summed E-state index contributed by atoms with van der Waals surface area (Å²) in [7, 11) is 4.53. The summed E-state index contributed by atoms with van der Waals surface area (Å²) in [5.41, 5.74) is 3.54. The highest BCUT2D eigenvalue weighted by atomic mass is 32.2. The molecule has 0 aliphatic carbocycles. The Morgan fingerprint density at radius 2 is 1.74 bits per heavy atom. The number of nitrogens with one attached hydrogen (secondary N) is 3. The molecule has 0 bridgehead atoms. The van der Waals surface area contributed by atoms with Gasteiger partial charge >= 0.3 is 6.03 Å². The number of urea groups is 1. The topological polar surface area (TPSA) is 191 Å². The first kappa shape index (κ1) is 35.1. The molecule has 0 saturated heterocycles. The number of aromatic nitrogens is 6. The van der Waals surface area contributed by atoms with Crippen molar-refractivity contribution in [3.8, 4) is 34.6 Å². The maximum atomic E-state index is 12.4. The molecule has 3 amide bonds. The zero-order chi connectivity index (χ0) is 35.6. The van der Waals surface area contributed by atoms with Crippen LogP contribution in [0.1, 0.15) is 36.6 Å². The monoisotopic (exact) mass is 694 g/mol. The van der Waals surface area contributed by atoms with Gasteiger partial charge in [0.1, 0.15) is 24.0 Å². The molecule has 3 N–H and O–H groups in total. The van der Waals surface area contributed by atoms with Crippen molar-refractivity contribution < 1.29 is 23.8 Å². The Bertz CT molecular complexity index is 1990. The number of methoxy groups -OCH3 is 3. The van der Waals surface area contributed by atoms with Crippen LogP contribution in [0.25, 0.3) is 11.3 Å². The molecule has 256 valence electrons. The van der Waals surface area contributed by atoms with Crippen molar-refractivity contribution in [2.45, 2.75) is 37.2 Å². The summed E-state index contributed by atoms with van der Waals surface area (Å²) in [5, 5.41) is 26.9. The molecule has 0 atom stereocenters. The Morgan fingerprint density at radius 3 is 2.36 bits per heavy atom. The number of amides is 3. The summed E-state index contributed by atoms with van der Waals surface area (Å²) in [5.74, 6) is 1.84. The number of anilines is 3. The summed E-state index contributed by atoms with van der Waals surface area (Å²) in [6.07, 6.45) is 3.11. The summed E-state index contributed by atoms with van der Waals surface area (Å²) in [6.45, 7) is 3.99. The van der Waals surface area contributed by atoms with Crippen molar-refractivity contribution in [2.24, 2.45) is 0 Å². The SMILES string of the molecule is COc1cc(-c2nc(SCc3cn(CC(=O)NC(=O)Nc4ccccn4)nn3)nc(Nc3ccc(C(C)C)cc3)c2C#N)cc(OC)c1OC. The first-order chi connectivity index (χ1) is 24.2. The largest absolute Gasteiger partial charge is 0.493 e. The van der Waals surface area contributed by atoms with E-state index in [1.165, 1.54) is 49.5 Å². The number of hydrogen-bond donors (Lipinski definition) is 3. The molecule has 2 aromatic carbocycles. The first-order valence-electron chi connectivity index (χ1n) is 15.2. The minimum absolute atomic E-state index is 0.209. The van der Waals surface area contributed by atoms with E-state index >= 15 is 0 Å². The second kappa shape index (κ2) is 16.3. The minimum Gasteiger partial charge on any atom is -0.493 e. The van der Waals surface area contributed by atoms with Crippen LogP contribution in [0.4, 0.5) is 22.1 Å². The number of nitrogens with zero attached hydrogens (tertiary/aromatic N) is 7. The molecular weight excluding hydrogens is 661 g/mol. The van der Waals surface area contributed by atoms with Gasteiger partial charge in [-0.3, -0.25) is 15.4 Å². The predicted molar refractivity (Wildman–Crippen MR) is 187 cm³/mol. The molecule has 3 aromatic heterocycles. The molecule has 5 aromatic rings. The highest BCUT2D eigenvalue weighted by Crippen LogP contribution is 2.42. The van der Waals surface area contributed by atoms with Gasteiger partial charge in [0.15, 0.2) is 22.5 Å². The molecule has 0 saturated carbocycles. The second-order valence-corrected chi connectivity index (χ2v) is 11.9. The van der Waals surface area contributed by atoms with E-state index in [4.69, 9.17) is 24.2 Å². The Balaban J connectivity index is 1.39. The van der Waals surface area contributed by atoms with E-state index in [2.05, 4.69) is 51.2 Å². The molecule has 50 heavy (non-hydrogen) atoms. The average molecular weight is 695 g/mol. The molecule has 3 heterocycles. The van der Waals surface area contributed by atoms with Crippen LogP contribution in [-0.4, -0.2) is 63.2 Å². The summed E-state index contributed by atoms with van der Waals surface area (Å²) >= 11 is 1.26. The normalized spacial score (nSPS) is 10.7. The Kier molecular flexibility index (Phi) is 11.4. The molecule has 0 fully saturated rings. The van der Waals surface area contributed by atoms with Crippen molar-refractivity contribution in [3.05, 3.63) is 83.8 Å². The van der Waals surface area contributed by atoms with E-state index in [1.54, 1.807) is 36.5 Å². The maximum absolute atomic E-state index is 12.4. The van der Waals surface area contributed by atoms with Crippen LogP contribution in [-0.2, 0) is 17.1 Å². The third-order valence-corrected chi connectivity index (χ3v) is 8.06. The van der Waals surface area contributed by atoms with Gasteiger partial charge in [-0.05, 0) is 47.9 Å². The average Bonchev–Trinajstić information content (AvgIpc) is 3.57. The molecule has 0 aliphatic rings. The fourth-order valence-corrected chi connectivity index (χ4v) is 5.45. The molecule has 0 aliphatic heterocycles. The van der Waals surface area contributed by atoms with Gasteiger partial charge in [-0.2, -0.15) is 5.26 Å². The van der Waals surface area contributed by atoms with Gasteiger partial charge in [0.05, 0.1) is 32.7 Å². The lowest BCUT2D eigenvalue weighted by atomic mass is 10.0. The zero-order valence-corrected chi connectivity index (χ0v) is 28.7. The number of nitriles is 1. The maximum Gasteiger partial charge on any atom is 0.327 e. The van der Waals surface area contributed by atoms with Crippen molar-refractivity contribution in [3.63, 3.8) is 0 Å². The lowest BCUT2D eigenvalue weighted by Gasteiger charge is -2.16. The van der Waals surface area contributed by atoms with Crippen molar-refractivity contribution >= 4 is 41.0 Å². The van der Waals surface area contributed by atoms with E-state index in [0.29, 0.717) is 56.9 Å². The molecular formula is C34H34N10O5S. The van der Waals surface area contributed by atoms with Crippen LogP contribution in [0, 0.1) is 11.3 Å². The predicted octanol–water partition coefficient (Wildman–Crippen LogP) is 5.54. The third kappa shape index (κ3) is 8.62. The van der Waals surface area contributed by atoms with Crippen molar-refractivity contribution in [2.75, 3.05) is 32.0 Å². The molecule has 0 spiro atoms. The number of ether oxygens (including phenoxy) is 3. The number of carbonyl (C=O) groups excluding carboxylic acids is 2. The molecule has 15 nitrogen and oxygen atoms in total. The molecule has 16 heteroatoms. The Morgan fingerprint density at radius 1 is 1.00 bits per heavy atom. The lowest BCUT2D eigenvalue weighted by Crippen LogP contribution is -2.36. The van der Waals surface area contributed by atoms with Gasteiger partial charge in [-0.1, -0.05) is 49.0 Å². The number of thioether (sulfide) groups is 1. The van der Waals surface area contributed by atoms with E-state index < -0.39 is 11.9 Å². The van der Waals surface area contributed by atoms with Crippen LogP contribution in [0.5, 0.6) is 17.2 Å². The van der Waals surface area contributed by atoms with Crippen molar-refractivity contribution in [1.29, 1.82) is 5.26 Å². The van der Waals surface area contributed by atoms with Crippen LogP contribution < -0.4 is 30.2 Å². The van der Waals surface area contributed by atoms with E-state index in [1.807, 2.05) is 24.3 Å². The van der Waals surface area contributed by atoms with Gasteiger partial charge in [-0.15, -0.1) is 5.10 Å². The molecule has 0 radical (unpaired) electrons. The number of pyridine rings is 1. The quantitative estimate of drug-likeness (QED) is 0.103. The third-order valence-electron chi connectivity index (χ3n) is 7.18. The smallest absolute Gasteiger partial charge is 0.327 e. The highest BCUT2D eigenvalue weighted by molar-refractivity contribution is 7.98. The van der Waals surface area contributed by atoms with Gasteiger partial charge < -0.3 is 19.5 Å². The van der Waals surface area contributed by atoms with E-state index in [-0.39, 0.29) is 17.9 Å². The van der Waals surface area contributed by atoms with E-state index in [0.717, 1.165) is 5.69 Å². The van der Waals surface area contributed by atoms with Gasteiger partial charge in [0.25, 0.3) is 0 Å². The highest BCUT2D eigenvalue weighted by Gasteiger charge is 2.22. The van der Waals surface area contributed by atoms with E-state index in [9.17, 15) is 14.9 Å². The number of carbonyl (C=O) groups is 2. The first-order valence-corrected chi connectivity index (χ1v) is 16.2. The second-order valence-electron chi connectivity index (χ2n) is 10.9. The minimum atomic E-state index is -0.717. The van der Waals surface area contributed by atoms with Crippen LogP contribution in [0.2, 0.25) is 0 Å². The fraction of sp³-hybridized carbons (Fsp3) is 0.235. The molecule has 0 unspecified atom stereocenters.